The van der Waals surface area contributed by atoms with Crippen LogP contribution in [0.4, 0.5) is 0 Å². The fraction of sp³-hybridized carbons (Fsp3) is 0.350. The maximum atomic E-state index is 12.6. The monoisotopic (exact) mass is 296 g/mol. The van der Waals surface area contributed by atoms with Crippen LogP contribution in [0, 0.1) is 6.92 Å². The van der Waals surface area contributed by atoms with Crippen LogP contribution >= 0.6 is 0 Å². The molecule has 2 nitrogen and oxygen atoms in total. The molecule has 116 valence electrons. The lowest BCUT2D eigenvalue weighted by atomic mass is 9.95. The van der Waals surface area contributed by atoms with E-state index in [-0.39, 0.29) is 5.78 Å². The van der Waals surface area contributed by atoms with Crippen molar-refractivity contribution in [2.75, 3.05) is 6.61 Å². The van der Waals surface area contributed by atoms with E-state index in [9.17, 15) is 4.79 Å². The molecule has 0 aliphatic heterocycles. The SMILES string of the molecule is C=C1CCC=CC(C(=O)Cc2ccc(C)c(OCC)c2)=C1C. The Morgan fingerprint density at radius 3 is 2.82 bits per heavy atom. The minimum atomic E-state index is 0.142. The van der Waals surface area contributed by atoms with Crippen LogP contribution in [0.1, 0.15) is 37.8 Å². The zero-order valence-corrected chi connectivity index (χ0v) is 13.7. The van der Waals surface area contributed by atoms with Gasteiger partial charge in [-0.15, -0.1) is 0 Å². The van der Waals surface area contributed by atoms with Crippen molar-refractivity contribution in [2.45, 2.75) is 40.0 Å². The summed E-state index contributed by atoms with van der Waals surface area (Å²) in [7, 11) is 0. The average molecular weight is 296 g/mol. The van der Waals surface area contributed by atoms with Gasteiger partial charge in [-0.3, -0.25) is 4.79 Å². The molecule has 22 heavy (non-hydrogen) atoms. The maximum Gasteiger partial charge on any atom is 0.167 e. The van der Waals surface area contributed by atoms with Gasteiger partial charge in [0.25, 0.3) is 0 Å². The lowest BCUT2D eigenvalue weighted by Crippen LogP contribution is -2.08. The molecule has 0 heterocycles. The van der Waals surface area contributed by atoms with Crippen molar-refractivity contribution in [1.82, 2.24) is 0 Å². The van der Waals surface area contributed by atoms with E-state index >= 15 is 0 Å². The number of ether oxygens (including phenoxy) is 1. The number of hydrogen-bond donors (Lipinski definition) is 0. The second kappa shape index (κ2) is 7.26. The molecular formula is C20H24O2. The number of aryl methyl sites for hydroxylation is 1. The van der Waals surface area contributed by atoms with Crippen LogP contribution in [0.3, 0.4) is 0 Å². The third-order valence-electron chi connectivity index (χ3n) is 4.05. The second-order valence-corrected chi connectivity index (χ2v) is 5.72. The molecule has 1 aliphatic rings. The van der Waals surface area contributed by atoms with Crippen LogP contribution in [0.25, 0.3) is 0 Å². The molecule has 0 N–H and O–H groups in total. The van der Waals surface area contributed by atoms with Crippen molar-refractivity contribution in [3.8, 4) is 5.75 Å². The predicted molar refractivity (Wildman–Crippen MR) is 91.3 cm³/mol. The van der Waals surface area contributed by atoms with Gasteiger partial charge in [-0.2, -0.15) is 0 Å². The minimum absolute atomic E-state index is 0.142. The van der Waals surface area contributed by atoms with Crippen LogP contribution in [0.2, 0.25) is 0 Å². The van der Waals surface area contributed by atoms with Crippen molar-refractivity contribution in [3.63, 3.8) is 0 Å². The molecule has 0 unspecified atom stereocenters. The summed E-state index contributed by atoms with van der Waals surface area (Å²) in [6, 6.07) is 5.99. The van der Waals surface area contributed by atoms with Crippen molar-refractivity contribution >= 4 is 5.78 Å². The molecule has 0 bridgehead atoms. The highest BCUT2D eigenvalue weighted by molar-refractivity contribution is 6.00. The van der Waals surface area contributed by atoms with Gasteiger partial charge in [-0.25, -0.2) is 0 Å². The van der Waals surface area contributed by atoms with E-state index in [1.54, 1.807) is 0 Å². The third-order valence-corrected chi connectivity index (χ3v) is 4.05. The van der Waals surface area contributed by atoms with E-state index < -0.39 is 0 Å². The lowest BCUT2D eigenvalue weighted by molar-refractivity contribution is -0.114. The molecule has 1 aromatic carbocycles. The Labute approximate surface area is 133 Å². The highest BCUT2D eigenvalue weighted by Crippen LogP contribution is 2.25. The molecular weight excluding hydrogens is 272 g/mol. The topological polar surface area (TPSA) is 26.3 Å². The molecule has 0 atom stereocenters. The second-order valence-electron chi connectivity index (χ2n) is 5.72. The maximum absolute atomic E-state index is 12.6. The van der Waals surface area contributed by atoms with Crippen molar-refractivity contribution in [3.05, 3.63) is 64.8 Å². The third kappa shape index (κ3) is 3.76. The van der Waals surface area contributed by atoms with E-state index in [1.807, 2.05) is 45.0 Å². The van der Waals surface area contributed by atoms with Crippen molar-refractivity contribution < 1.29 is 9.53 Å². The number of carbonyl (C=O) groups excluding carboxylic acids is 1. The van der Waals surface area contributed by atoms with E-state index in [1.165, 1.54) is 0 Å². The molecule has 0 spiro atoms. The van der Waals surface area contributed by atoms with Crippen LogP contribution in [0.15, 0.2) is 53.6 Å². The summed E-state index contributed by atoms with van der Waals surface area (Å²) in [6.07, 6.45) is 6.29. The zero-order valence-electron chi connectivity index (χ0n) is 13.7. The Hall–Kier alpha value is -2.09. The number of allylic oxidation sites excluding steroid dienone is 5. The first-order chi connectivity index (χ1) is 10.5. The molecule has 0 amide bonds. The molecule has 1 aliphatic carbocycles. The molecule has 0 saturated carbocycles. The van der Waals surface area contributed by atoms with Gasteiger partial charge in [-0.05, 0) is 56.4 Å². The van der Waals surface area contributed by atoms with E-state index in [0.717, 1.165) is 46.4 Å². The number of ketones is 1. The average Bonchev–Trinajstić information content (AvgIpc) is 2.65. The molecule has 1 aromatic rings. The molecule has 0 fully saturated rings. The summed E-state index contributed by atoms with van der Waals surface area (Å²) in [5.41, 5.74) is 4.96. The largest absolute Gasteiger partial charge is 0.494 e. The Bertz CT molecular complexity index is 648. The molecule has 2 rings (SSSR count). The Balaban J connectivity index is 2.23. The smallest absolute Gasteiger partial charge is 0.167 e. The number of Topliss-reactive ketones (excluding diaryl/α,β-unsaturated/α-hetero) is 1. The zero-order chi connectivity index (χ0) is 16.1. The highest BCUT2D eigenvalue weighted by atomic mass is 16.5. The van der Waals surface area contributed by atoms with Gasteiger partial charge in [0, 0.05) is 12.0 Å². The normalized spacial score (nSPS) is 15.0. The van der Waals surface area contributed by atoms with Crippen LogP contribution in [0.5, 0.6) is 5.75 Å². The number of hydrogen-bond acceptors (Lipinski definition) is 2. The van der Waals surface area contributed by atoms with E-state index in [4.69, 9.17) is 4.74 Å². The summed E-state index contributed by atoms with van der Waals surface area (Å²) >= 11 is 0. The lowest BCUT2D eigenvalue weighted by Gasteiger charge is -2.11. The standard InChI is InChI=1S/C20H24O2/c1-5-22-20-13-17(11-10-15(20)3)12-19(21)18-9-7-6-8-14(2)16(18)4/h7,9-11,13H,2,5-6,8,12H2,1,3-4H3. The van der Waals surface area contributed by atoms with Gasteiger partial charge in [0.2, 0.25) is 0 Å². The summed E-state index contributed by atoms with van der Waals surface area (Å²) < 4.78 is 5.61. The quantitative estimate of drug-likeness (QED) is 0.785. The van der Waals surface area contributed by atoms with Gasteiger partial charge in [0.15, 0.2) is 5.78 Å². The first-order valence-corrected chi connectivity index (χ1v) is 7.84. The van der Waals surface area contributed by atoms with Crippen molar-refractivity contribution in [1.29, 1.82) is 0 Å². The highest BCUT2D eigenvalue weighted by Gasteiger charge is 2.15. The molecule has 0 radical (unpaired) electrons. The fourth-order valence-electron chi connectivity index (χ4n) is 2.61. The summed E-state index contributed by atoms with van der Waals surface area (Å²) in [4.78, 5) is 12.6. The molecule has 2 heteroatoms. The molecule has 0 aromatic heterocycles. The van der Waals surface area contributed by atoms with Gasteiger partial charge >= 0.3 is 0 Å². The van der Waals surface area contributed by atoms with Gasteiger partial charge in [0.05, 0.1) is 6.61 Å². The number of rotatable bonds is 5. The fourth-order valence-corrected chi connectivity index (χ4v) is 2.61. The Morgan fingerprint density at radius 1 is 1.32 bits per heavy atom. The van der Waals surface area contributed by atoms with Crippen molar-refractivity contribution in [2.24, 2.45) is 0 Å². The first-order valence-electron chi connectivity index (χ1n) is 7.84. The number of carbonyl (C=O) groups is 1. The van der Waals surface area contributed by atoms with E-state index in [0.29, 0.717) is 13.0 Å². The van der Waals surface area contributed by atoms with Crippen LogP contribution in [-0.4, -0.2) is 12.4 Å². The van der Waals surface area contributed by atoms with Gasteiger partial charge < -0.3 is 4.74 Å². The summed E-state index contributed by atoms with van der Waals surface area (Å²) in [6.45, 7) is 10.7. The van der Waals surface area contributed by atoms with Gasteiger partial charge in [0.1, 0.15) is 5.75 Å². The Kier molecular flexibility index (Phi) is 5.37. The number of benzene rings is 1. The van der Waals surface area contributed by atoms with Gasteiger partial charge in [-0.1, -0.05) is 36.4 Å². The molecule has 0 saturated heterocycles. The first kappa shape index (κ1) is 16.3. The van der Waals surface area contributed by atoms with E-state index in [2.05, 4.69) is 12.7 Å². The summed E-state index contributed by atoms with van der Waals surface area (Å²) in [5.74, 6) is 1.00. The predicted octanol–water partition coefficient (Wildman–Crippen LogP) is 4.73. The van der Waals surface area contributed by atoms with Crippen LogP contribution in [-0.2, 0) is 11.2 Å². The minimum Gasteiger partial charge on any atom is -0.494 e. The Morgan fingerprint density at radius 2 is 2.09 bits per heavy atom. The summed E-state index contributed by atoms with van der Waals surface area (Å²) in [5, 5.41) is 0. The van der Waals surface area contributed by atoms with Crippen LogP contribution < -0.4 is 4.74 Å².